The van der Waals surface area contributed by atoms with E-state index >= 15 is 0 Å². The summed E-state index contributed by atoms with van der Waals surface area (Å²) in [6, 6.07) is 0.191. The van der Waals surface area contributed by atoms with Gasteiger partial charge in [-0.3, -0.25) is 9.63 Å². The van der Waals surface area contributed by atoms with Crippen LogP contribution in [0.3, 0.4) is 0 Å². The van der Waals surface area contributed by atoms with E-state index in [-0.39, 0.29) is 29.6 Å². The fourth-order valence-corrected chi connectivity index (χ4v) is 4.84. The van der Waals surface area contributed by atoms with Crippen LogP contribution in [0.4, 0.5) is 0 Å². The number of piperidine rings is 1. The zero-order chi connectivity index (χ0) is 19.2. The van der Waals surface area contributed by atoms with E-state index in [9.17, 15) is 4.79 Å². The van der Waals surface area contributed by atoms with Crippen LogP contribution in [-0.2, 0) is 9.63 Å². The van der Waals surface area contributed by atoms with E-state index in [4.69, 9.17) is 9.94 Å². The van der Waals surface area contributed by atoms with Crippen molar-refractivity contribution in [1.29, 1.82) is 0 Å². The highest BCUT2D eigenvalue weighted by molar-refractivity contribution is 5.76. The lowest BCUT2D eigenvalue weighted by molar-refractivity contribution is -0.310. The molecule has 0 aromatic rings. The van der Waals surface area contributed by atoms with E-state index in [0.717, 1.165) is 44.9 Å². The van der Waals surface area contributed by atoms with Gasteiger partial charge in [0.05, 0.1) is 6.10 Å². The molecule has 26 heavy (non-hydrogen) atoms. The molecule has 0 atom stereocenters. The van der Waals surface area contributed by atoms with Gasteiger partial charge >= 0.3 is 0 Å². The van der Waals surface area contributed by atoms with E-state index in [1.54, 1.807) is 0 Å². The fraction of sp³-hybridized carbons (Fsp3) is 0.952. The minimum Gasteiger partial charge on any atom is -0.396 e. The first-order valence-electron chi connectivity index (χ1n) is 10.6. The summed E-state index contributed by atoms with van der Waals surface area (Å²) >= 11 is 0. The zero-order valence-corrected chi connectivity index (χ0v) is 17.4. The molecule has 2 N–H and O–H groups in total. The van der Waals surface area contributed by atoms with Crippen LogP contribution in [0.5, 0.6) is 0 Å². The molecule has 152 valence electrons. The number of nitrogens with one attached hydrogen (secondary N) is 1. The average Bonchev–Trinajstić information content (AvgIpc) is 2.55. The molecule has 2 aliphatic rings. The van der Waals surface area contributed by atoms with Crippen LogP contribution in [0.15, 0.2) is 0 Å². The number of hydroxylamine groups is 2. The van der Waals surface area contributed by atoms with Crippen molar-refractivity contribution >= 4 is 5.91 Å². The summed E-state index contributed by atoms with van der Waals surface area (Å²) < 4.78 is 0. The molecule has 1 saturated heterocycles. The number of hydrogen-bond donors (Lipinski definition) is 2. The first-order chi connectivity index (χ1) is 12.2. The lowest BCUT2D eigenvalue weighted by atomic mass is 9.79. The molecule has 0 spiro atoms. The minimum absolute atomic E-state index is 0.103. The quantitative estimate of drug-likeness (QED) is 0.637. The summed E-state index contributed by atoms with van der Waals surface area (Å²) in [5.74, 6) is 0.140. The molecule has 1 saturated carbocycles. The molecule has 1 amide bonds. The summed E-state index contributed by atoms with van der Waals surface area (Å²) in [4.78, 5) is 18.8. The van der Waals surface area contributed by atoms with Crippen molar-refractivity contribution in [3.63, 3.8) is 0 Å². The van der Waals surface area contributed by atoms with Crippen molar-refractivity contribution in [2.45, 2.75) is 122 Å². The van der Waals surface area contributed by atoms with Gasteiger partial charge in [0.2, 0.25) is 5.91 Å². The Labute approximate surface area is 159 Å². The predicted octanol–water partition coefficient (Wildman–Crippen LogP) is 3.94. The third-order valence-electron chi connectivity index (χ3n) is 5.83. The number of aliphatic hydroxyl groups excluding tert-OH is 1. The van der Waals surface area contributed by atoms with Crippen molar-refractivity contribution < 1.29 is 14.7 Å². The third-order valence-corrected chi connectivity index (χ3v) is 5.83. The second-order valence-corrected chi connectivity index (χ2v) is 9.49. The van der Waals surface area contributed by atoms with Gasteiger partial charge < -0.3 is 10.4 Å². The van der Waals surface area contributed by atoms with Crippen LogP contribution < -0.4 is 5.32 Å². The van der Waals surface area contributed by atoms with Crippen LogP contribution in [-0.4, -0.2) is 45.9 Å². The molecule has 0 aromatic heterocycles. The van der Waals surface area contributed by atoms with Crippen molar-refractivity contribution in [3.05, 3.63) is 0 Å². The summed E-state index contributed by atoms with van der Waals surface area (Å²) in [7, 11) is 0. The van der Waals surface area contributed by atoms with Gasteiger partial charge in [-0.25, -0.2) is 0 Å². The monoisotopic (exact) mass is 368 g/mol. The SMILES string of the molecule is CC1(C)CC(NC(=O)CCCCCO)CC(C)(C)N1OC1CCCCC1. The van der Waals surface area contributed by atoms with E-state index in [1.807, 2.05) is 0 Å². The van der Waals surface area contributed by atoms with Crippen molar-refractivity contribution in [1.82, 2.24) is 10.4 Å². The van der Waals surface area contributed by atoms with Crippen molar-refractivity contribution in [3.8, 4) is 0 Å². The lowest BCUT2D eigenvalue weighted by Gasteiger charge is -2.55. The Morgan fingerprint density at radius 1 is 1.04 bits per heavy atom. The van der Waals surface area contributed by atoms with Gasteiger partial charge in [0.25, 0.3) is 0 Å². The number of hydrogen-bond acceptors (Lipinski definition) is 4. The Kier molecular flexibility index (Phi) is 7.92. The molecule has 5 heteroatoms. The van der Waals surface area contributed by atoms with Gasteiger partial charge in [-0.05, 0) is 66.2 Å². The second-order valence-electron chi connectivity index (χ2n) is 9.49. The Hall–Kier alpha value is -0.650. The number of amides is 1. The van der Waals surface area contributed by atoms with Crippen LogP contribution in [0.25, 0.3) is 0 Å². The Bertz CT molecular complexity index is 427. The Morgan fingerprint density at radius 2 is 1.65 bits per heavy atom. The number of nitrogens with zero attached hydrogens (tertiary/aromatic N) is 1. The zero-order valence-electron chi connectivity index (χ0n) is 17.4. The smallest absolute Gasteiger partial charge is 0.220 e. The normalized spacial score (nSPS) is 24.5. The highest BCUT2D eigenvalue weighted by atomic mass is 16.7. The molecule has 5 nitrogen and oxygen atoms in total. The standard InChI is InChI=1S/C21H40N2O3/c1-20(2)15-17(22-19(25)13-9-6-10-14-24)16-21(3,4)23(20)26-18-11-7-5-8-12-18/h17-18,24H,5-16H2,1-4H3,(H,22,25). The Morgan fingerprint density at radius 3 is 2.23 bits per heavy atom. The minimum atomic E-state index is -0.103. The Balaban J connectivity index is 1.89. The molecule has 1 heterocycles. The highest BCUT2D eigenvalue weighted by Gasteiger charge is 2.47. The maximum absolute atomic E-state index is 12.3. The van der Waals surface area contributed by atoms with E-state index in [1.165, 1.54) is 19.3 Å². The van der Waals surface area contributed by atoms with Crippen LogP contribution in [0.2, 0.25) is 0 Å². The number of aliphatic hydroxyl groups is 1. The number of unbranched alkanes of at least 4 members (excludes halogenated alkanes) is 2. The molecule has 2 fully saturated rings. The summed E-state index contributed by atoms with van der Waals surface area (Å²) in [6.45, 7) is 9.14. The van der Waals surface area contributed by atoms with E-state index < -0.39 is 0 Å². The largest absolute Gasteiger partial charge is 0.396 e. The average molecular weight is 369 g/mol. The highest BCUT2D eigenvalue weighted by Crippen LogP contribution is 2.40. The molecule has 2 rings (SSSR count). The maximum atomic E-state index is 12.3. The van der Waals surface area contributed by atoms with E-state index in [0.29, 0.717) is 12.5 Å². The number of rotatable bonds is 8. The number of carbonyl (C=O) groups is 1. The molecule has 0 unspecified atom stereocenters. The van der Waals surface area contributed by atoms with Gasteiger partial charge in [-0.15, -0.1) is 0 Å². The van der Waals surface area contributed by atoms with Crippen LogP contribution in [0.1, 0.15) is 98.3 Å². The third kappa shape index (κ3) is 6.21. The molecular weight excluding hydrogens is 328 g/mol. The summed E-state index contributed by atoms with van der Waals surface area (Å²) in [6.07, 6.45) is 11.5. The summed E-state index contributed by atoms with van der Waals surface area (Å²) in [5, 5.41) is 14.3. The molecule has 0 aromatic carbocycles. The van der Waals surface area contributed by atoms with E-state index in [2.05, 4.69) is 38.1 Å². The molecule has 0 radical (unpaired) electrons. The molecule has 1 aliphatic heterocycles. The molecular formula is C21H40N2O3. The van der Waals surface area contributed by atoms with Crippen molar-refractivity contribution in [2.24, 2.45) is 0 Å². The second kappa shape index (κ2) is 9.52. The fourth-order valence-electron chi connectivity index (χ4n) is 4.84. The van der Waals surface area contributed by atoms with Crippen LogP contribution >= 0.6 is 0 Å². The van der Waals surface area contributed by atoms with Gasteiger partial charge in [0.15, 0.2) is 0 Å². The van der Waals surface area contributed by atoms with Gasteiger partial charge in [0.1, 0.15) is 0 Å². The van der Waals surface area contributed by atoms with Gasteiger partial charge in [0, 0.05) is 30.1 Å². The van der Waals surface area contributed by atoms with Crippen molar-refractivity contribution in [2.75, 3.05) is 6.61 Å². The molecule has 1 aliphatic carbocycles. The topological polar surface area (TPSA) is 61.8 Å². The first-order valence-corrected chi connectivity index (χ1v) is 10.6. The first kappa shape index (κ1) is 21.6. The maximum Gasteiger partial charge on any atom is 0.220 e. The van der Waals surface area contributed by atoms with Crippen LogP contribution in [0, 0.1) is 0 Å². The number of carbonyl (C=O) groups excluding carboxylic acids is 1. The molecule has 0 bridgehead atoms. The van der Waals surface area contributed by atoms with Gasteiger partial charge in [-0.1, -0.05) is 25.7 Å². The lowest BCUT2D eigenvalue weighted by Crippen LogP contribution is -2.64. The summed E-state index contributed by atoms with van der Waals surface area (Å²) in [5.41, 5.74) is -0.206. The van der Waals surface area contributed by atoms with Gasteiger partial charge in [-0.2, -0.15) is 5.06 Å². The predicted molar refractivity (Wildman–Crippen MR) is 105 cm³/mol.